The van der Waals surface area contributed by atoms with Crippen LogP contribution in [0.1, 0.15) is 29.7 Å². The summed E-state index contributed by atoms with van der Waals surface area (Å²) in [5, 5.41) is 6.91. The SMILES string of the molecule is CCNC(c1ccc(F)c(C)c1)c1cccc2ccsc12. The maximum Gasteiger partial charge on any atom is 0.126 e. The Bertz CT molecular complexity index is 763. The van der Waals surface area contributed by atoms with E-state index in [1.165, 1.54) is 15.6 Å². The number of hydrogen-bond donors (Lipinski definition) is 1. The number of hydrogen-bond acceptors (Lipinski definition) is 2. The van der Waals surface area contributed by atoms with Gasteiger partial charge >= 0.3 is 0 Å². The van der Waals surface area contributed by atoms with Crippen molar-refractivity contribution in [2.45, 2.75) is 19.9 Å². The number of aryl methyl sites for hydroxylation is 1. The van der Waals surface area contributed by atoms with Gasteiger partial charge in [-0.15, -0.1) is 11.3 Å². The molecule has 0 saturated carbocycles. The molecule has 108 valence electrons. The highest BCUT2D eigenvalue weighted by molar-refractivity contribution is 7.17. The van der Waals surface area contributed by atoms with E-state index in [0.29, 0.717) is 5.56 Å². The van der Waals surface area contributed by atoms with Gasteiger partial charge in [0, 0.05) is 4.70 Å². The third kappa shape index (κ3) is 2.71. The molecule has 0 fully saturated rings. The van der Waals surface area contributed by atoms with Gasteiger partial charge in [-0.2, -0.15) is 0 Å². The molecule has 1 aromatic heterocycles. The number of rotatable bonds is 4. The second kappa shape index (κ2) is 5.96. The highest BCUT2D eigenvalue weighted by Gasteiger charge is 2.17. The monoisotopic (exact) mass is 299 g/mol. The quantitative estimate of drug-likeness (QED) is 0.711. The molecule has 3 rings (SSSR count). The van der Waals surface area contributed by atoms with E-state index in [1.54, 1.807) is 17.4 Å². The molecule has 0 radical (unpaired) electrons. The van der Waals surface area contributed by atoms with Gasteiger partial charge in [0.2, 0.25) is 0 Å². The third-order valence-electron chi connectivity index (χ3n) is 3.74. The number of nitrogens with one attached hydrogen (secondary N) is 1. The lowest BCUT2D eigenvalue weighted by Crippen LogP contribution is -2.22. The van der Waals surface area contributed by atoms with Gasteiger partial charge < -0.3 is 5.32 Å². The van der Waals surface area contributed by atoms with Gasteiger partial charge in [0.15, 0.2) is 0 Å². The second-order valence-corrected chi connectivity index (χ2v) is 6.10. The van der Waals surface area contributed by atoms with E-state index >= 15 is 0 Å². The Morgan fingerprint density at radius 3 is 2.81 bits per heavy atom. The van der Waals surface area contributed by atoms with Crippen molar-refractivity contribution in [3.8, 4) is 0 Å². The van der Waals surface area contributed by atoms with Gasteiger partial charge in [-0.05, 0) is 53.1 Å². The van der Waals surface area contributed by atoms with Crippen LogP contribution in [0.4, 0.5) is 4.39 Å². The molecule has 0 amide bonds. The molecule has 1 N–H and O–H groups in total. The van der Waals surface area contributed by atoms with Crippen molar-refractivity contribution in [3.05, 3.63) is 70.4 Å². The minimum atomic E-state index is -0.150. The average molecular weight is 299 g/mol. The fraction of sp³-hybridized carbons (Fsp3) is 0.222. The van der Waals surface area contributed by atoms with Crippen LogP contribution in [0.15, 0.2) is 47.8 Å². The lowest BCUT2D eigenvalue weighted by Gasteiger charge is -2.20. The number of halogens is 1. The normalized spacial score (nSPS) is 12.7. The van der Waals surface area contributed by atoms with Gasteiger partial charge in [-0.3, -0.25) is 0 Å². The van der Waals surface area contributed by atoms with Crippen molar-refractivity contribution in [2.75, 3.05) is 6.54 Å². The first-order valence-electron chi connectivity index (χ1n) is 7.16. The van der Waals surface area contributed by atoms with Crippen LogP contribution in [0.3, 0.4) is 0 Å². The van der Waals surface area contributed by atoms with Crippen LogP contribution in [0.2, 0.25) is 0 Å². The summed E-state index contributed by atoms with van der Waals surface area (Å²) in [5.41, 5.74) is 3.06. The Morgan fingerprint density at radius 2 is 2.05 bits per heavy atom. The summed E-state index contributed by atoms with van der Waals surface area (Å²) in [6.45, 7) is 4.77. The summed E-state index contributed by atoms with van der Waals surface area (Å²) < 4.78 is 14.8. The summed E-state index contributed by atoms with van der Waals surface area (Å²) in [6.07, 6.45) is 0. The lowest BCUT2D eigenvalue weighted by molar-refractivity contribution is 0.608. The average Bonchev–Trinajstić information content (AvgIpc) is 2.96. The van der Waals surface area contributed by atoms with E-state index in [-0.39, 0.29) is 11.9 Å². The predicted molar refractivity (Wildman–Crippen MR) is 88.5 cm³/mol. The molecular formula is C18H18FNS. The molecule has 21 heavy (non-hydrogen) atoms. The van der Waals surface area contributed by atoms with Crippen LogP contribution in [0, 0.1) is 12.7 Å². The Hall–Kier alpha value is -1.71. The summed E-state index contributed by atoms with van der Waals surface area (Å²) in [4.78, 5) is 0. The molecule has 1 atom stereocenters. The molecule has 1 nitrogen and oxygen atoms in total. The maximum atomic E-state index is 13.5. The molecule has 1 heterocycles. The Morgan fingerprint density at radius 1 is 1.19 bits per heavy atom. The van der Waals surface area contributed by atoms with Crippen molar-refractivity contribution < 1.29 is 4.39 Å². The minimum absolute atomic E-state index is 0.0941. The van der Waals surface area contributed by atoms with Gasteiger partial charge in [0.1, 0.15) is 5.82 Å². The van der Waals surface area contributed by atoms with Gasteiger partial charge in [-0.1, -0.05) is 37.3 Å². The lowest BCUT2D eigenvalue weighted by atomic mass is 9.96. The molecule has 1 unspecified atom stereocenters. The van der Waals surface area contributed by atoms with Crippen LogP contribution in [0.25, 0.3) is 10.1 Å². The maximum absolute atomic E-state index is 13.5. The zero-order valence-corrected chi connectivity index (χ0v) is 13.0. The van der Waals surface area contributed by atoms with Crippen molar-refractivity contribution in [1.29, 1.82) is 0 Å². The molecule has 0 saturated heterocycles. The highest BCUT2D eigenvalue weighted by Crippen LogP contribution is 2.32. The summed E-state index contributed by atoms with van der Waals surface area (Å²) in [6, 6.07) is 14.0. The van der Waals surface area contributed by atoms with Crippen LogP contribution in [-0.2, 0) is 0 Å². The standard InChI is InChI=1S/C18H18FNS/c1-3-20-17(14-7-8-16(19)12(2)11-14)15-6-4-5-13-9-10-21-18(13)15/h4-11,17,20H,3H2,1-2H3. The molecule has 0 aliphatic rings. The highest BCUT2D eigenvalue weighted by atomic mass is 32.1. The van der Waals surface area contributed by atoms with E-state index in [4.69, 9.17) is 0 Å². The fourth-order valence-corrected chi connectivity index (χ4v) is 3.65. The molecule has 0 bridgehead atoms. The molecule has 0 aliphatic carbocycles. The molecule has 3 aromatic rings. The van der Waals surface area contributed by atoms with Gasteiger partial charge in [0.05, 0.1) is 6.04 Å². The first-order chi connectivity index (χ1) is 10.2. The first kappa shape index (κ1) is 14.2. The van der Waals surface area contributed by atoms with Crippen molar-refractivity contribution in [2.24, 2.45) is 0 Å². The number of thiophene rings is 1. The van der Waals surface area contributed by atoms with E-state index in [2.05, 4.69) is 41.9 Å². The Kier molecular flexibility index (Phi) is 4.04. The first-order valence-corrected chi connectivity index (χ1v) is 8.04. The molecule has 0 spiro atoms. The summed E-state index contributed by atoms with van der Waals surface area (Å²) in [7, 11) is 0. The van der Waals surface area contributed by atoms with Crippen LogP contribution in [-0.4, -0.2) is 6.54 Å². The predicted octanol–water partition coefficient (Wildman–Crippen LogP) is 5.05. The molecule has 0 aliphatic heterocycles. The molecule has 3 heteroatoms. The number of benzene rings is 2. The Labute approximate surface area is 128 Å². The van der Waals surface area contributed by atoms with Crippen molar-refractivity contribution in [1.82, 2.24) is 5.32 Å². The van der Waals surface area contributed by atoms with Crippen LogP contribution >= 0.6 is 11.3 Å². The fourth-order valence-electron chi connectivity index (χ4n) is 2.70. The van der Waals surface area contributed by atoms with Crippen LogP contribution < -0.4 is 5.32 Å². The second-order valence-electron chi connectivity index (χ2n) is 5.19. The number of fused-ring (bicyclic) bond motifs is 1. The van der Waals surface area contributed by atoms with E-state index in [1.807, 2.05) is 19.1 Å². The Balaban J connectivity index is 2.13. The van der Waals surface area contributed by atoms with Gasteiger partial charge in [0.25, 0.3) is 0 Å². The van der Waals surface area contributed by atoms with E-state index in [0.717, 1.165) is 12.1 Å². The van der Waals surface area contributed by atoms with Crippen molar-refractivity contribution in [3.63, 3.8) is 0 Å². The summed E-state index contributed by atoms with van der Waals surface area (Å²) in [5.74, 6) is -0.150. The third-order valence-corrected chi connectivity index (χ3v) is 4.72. The minimum Gasteiger partial charge on any atom is -0.306 e. The zero-order valence-electron chi connectivity index (χ0n) is 12.2. The zero-order chi connectivity index (χ0) is 14.8. The smallest absolute Gasteiger partial charge is 0.126 e. The van der Waals surface area contributed by atoms with Gasteiger partial charge in [-0.25, -0.2) is 4.39 Å². The molecule has 2 aromatic carbocycles. The van der Waals surface area contributed by atoms with E-state index in [9.17, 15) is 4.39 Å². The topological polar surface area (TPSA) is 12.0 Å². The summed E-state index contributed by atoms with van der Waals surface area (Å²) >= 11 is 1.76. The van der Waals surface area contributed by atoms with Crippen LogP contribution in [0.5, 0.6) is 0 Å². The largest absolute Gasteiger partial charge is 0.306 e. The van der Waals surface area contributed by atoms with E-state index < -0.39 is 0 Å². The van der Waals surface area contributed by atoms with Crippen molar-refractivity contribution >= 4 is 21.4 Å². The molecular weight excluding hydrogens is 281 g/mol.